The van der Waals surface area contributed by atoms with Gasteiger partial charge in [0.05, 0.1) is 4.88 Å². The van der Waals surface area contributed by atoms with Crippen LogP contribution >= 0.6 is 11.3 Å². The van der Waals surface area contributed by atoms with Crippen LogP contribution < -0.4 is 0 Å². The van der Waals surface area contributed by atoms with Gasteiger partial charge in [0.1, 0.15) is 6.54 Å². The molecule has 2 aromatic heterocycles. The molecule has 1 fully saturated rings. The van der Waals surface area contributed by atoms with E-state index in [0.717, 1.165) is 16.0 Å². The Kier molecular flexibility index (Phi) is 5.16. The quantitative estimate of drug-likeness (QED) is 0.670. The predicted molar refractivity (Wildman–Crippen MR) is 105 cm³/mol. The molecular weight excluding hydrogens is 376 g/mol. The number of piperazine rings is 1. The first-order valence-electron chi connectivity index (χ1n) is 9.06. The summed E-state index contributed by atoms with van der Waals surface area (Å²) in [6.07, 6.45) is 0. The standard InChI is InChI=1S/C19H20N6O2S/c1-14-5-2-3-6-15(14)18-20-22-25(21-18)13-17(26)23-8-10-24(11-9-23)19(27)16-7-4-12-28-16/h2-7,12H,8-11,13H2,1H3. The lowest BCUT2D eigenvalue weighted by molar-refractivity contribution is -0.133. The van der Waals surface area contributed by atoms with Crippen molar-refractivity contribution in [3.63, 3.8) is 0 Å². The molecule has 1 aliphatic heterocycles. The summed E-state index contributed by atoms with van der Waals surface area (Å²) in [5.41, 5.74) is 1.96. The molecule has 28 heavy (non-hydrogen) atoms. The SMILES string of the molecule is Cc1ccccc1-c1nnn(CC(=O)N2CCN(C(=O)c3cccs3)CC2)n1. The summed E-state index contributed by atoms with van der Waals surface area (Å²) in [4.78, 5) is 30.6. The number of aryl methyl sites for hydroxylation is 1. The summed E-state index contributed by atoms with van der Waals surface area (Å²) in [5, 5.41) is 14.3. The van der Waals surface area contributed by atoms with Gasteiger partial charge in [0.2, 0.25) is 11.7 Å². The van der Waals surface area contributed by atoms with Crippen LogP contribution in [0.3, 0.4) is 0 Å². The van der Waals surface area contributed by atoms with Crippen LogP contribution in [0.2, 0.25) is 0 Å². The Balaban J connectivity index is 1.34. The van der Waals surface area contributed by atoms with Gasteiger partial charge in [-0.15, -0.1) is 21.5 Å². The molecule has 0 bridgehead atoms. The molecule has 2 amide bonds. The Labute approximate surface area is 166 Å². The molecule has 0 saturated carbocycles. The zero-order chi connectivity index (χ0) is 19.5. The van der Waals surface area contributed by atoms with Crippen molar-refractivity contribution in [1.29, 1.82) is 0 Å². The van der Waals surface area contributed by atoms with Crippen molar-refractivity contribution in [3.8, 4) is 11.4 Å². The van der Waals surface area contributed by atoms with Crippen molar-refractivity contribution in [1.82, 2.24) is 30.0 Å². The van der Waals surface area contributed by atoms with E-state index in [-0.39, 0.29) is 18.4 Å². The van der Waals surface area contributed by atoms with Crippen LogP contribution in [0.5, 0.6) is 0 Å². The molecule has 3 aromatic rings. The molecule has 144 valence electrons. The summed E-state index contributed by atoms with van der Waals surface area (Å²) < 4.78 is 0. The monoisotopic (exact) mass is 396 g/mol. The lowest BCUT2D eigenvalue weighted by atomic mass is 10.1. The van der Waals surface area contributed by atoms with E-state index < -0.39 is 0 Å². The van der Waals surface area contributed by atoms with E-state index >= 15 is 0 Å². The van der Waals surface area contributed by atoms with E-state index in [9.17, 15) is 9.59 Å². The fourth-order valence-electron chi connectivity index (χ4n) is 3.18. The molecule has 1 aliphatic rings. The summed E-state index contributed by atoms with van der Waals surface area (Å²) in [5.74, 6) is 0.470. The lowest BCUT2D eigenvalue weighted by Crippen LogP contribution is -2.51. The number of aromatic nitrogens is 4. The van der Waals surface area contributed by atoms with Gasteiger partial charge in [-0.3, -0.25) is 9.59 Å². The van der Waals surface area contributed by atoms with Gasteiger partial charge < -0.3 is 9.80 Å². The van der Waals surface area contributed by atoms with Crippen LogP contribution in [0.15, 0.2) is 41.8 Å². The number of thiophene rings is 1. The molecule has 0 aliphatic carbocycles. The van der Waals surface area contributed by atoms with Gasteiger partial charge in [-0.25, -0.2) is 0 Å². The van der Waals surface area contributed by atoms with Crippen LogP contribution in [0.1, 0.15) is 15.2 Å². The Morgan fingerprint density at radius 1 is 1.04 bits per heavy atom. The molecule has 3 heterocycles. The van der Waals surface area contributed by atoms with Crippen molar-refractivity contribution in [3.05, 3.63) is 52.2 Å². The predicted octanol–water partition coefficient (Wildman–Crippen LogP) is 1.69. The van der Waals surface area contributed by atoms with Gasteiger partial charge in [0.25, 0.3) is 5.91 Å². The van der Waals surface area contributed by atoms with Gasteiger partial charge in [-0.05, 0) is 29.1 Å². The van der Waals surface area contributed by atoms with E-state index in [1.807, 2.05) is 48.7 Å². The number of amides is 2. The van der Waals surface area contributed by atoms with Gasteiger partial charge in [-0.2, -0.15) is 4.80 Å². The Morgan fingerprint density at radius 2 is 1.79 bits per heavy atom. The molecule has 0 unspecified atom stereocenters. The van der Waals surface area contributed by atoms with Gasteiger partial charge in [0.15, 0.2) is 0 Å². The number of tetrazole rings is 1. The van der Waals surface area contributed by atoms with E-state index in [0.29, 0.717) is 32.0 Å². The van der Waals surface area contributed by atoms with Gasteiger partial charge >= 0.3 is 0 Å². The second-order valence-corrected chi connectivity index (χ2v) is 7.56. The second kappa shape index (κ2) is 7.89. The molecule has 0 radical (unpaired) electrons. The normalized spacial score (nSPS) is 14.3. The summed E-state index contributed by atoms with van der Waals surface area (Å²) >= 11 is 1.44. The average molecular weight is 396 g/mol. The first-order chi connectivity index (χ1) is 13.6. The van der Waals surface area contributed by atoms with Crippen LogP contribution in [-0.2, 0) is 11.3 Å². The highest BCUT2D eigenvalue weighted by Crippen LogP contribution is 2.18. The number of nitrogens with zero attached hydrogens (tertiary/aromatic N) is 6. The number of rotatable bonds is 4. The highest BCUT2D eigenvalue weighted by molar-refractivity contribution is 7.12. The molecule has 0 atom stereocenters. The average Bonchev–Trinajstić information content (AvgIpc) is 3.40. The van der Waals surface area contributed by atoms with Crippen LogP contribution in [0.4, 0.5) is 0 Å². The topological polar surface area (TPSA) is 84.2 Å². The highest BCUT2D eigenvalue weighted by Gasteiger charge is 2.25. The largest absolute Gasteiger partial charge is 0.337 e. The van der Waals surface area contributed by atoms with E-state index in [1.54, 1.807) is 9.80 Å². The Bertz CT molecular complexity index is 976. The molecule has 1 saturated heterocycles. The molecule has 0 N–H and O–H groups in total. The zero-order valence-electron chi connectivity index (χ0n) is 15.5. The maximum atomic E-state index is 12.6. The van der Waals surface area contributed by atoms with E-state index in [2.05, 4.69) is 15.4 Å². The molecule has 9 heteroatoms. The second-order valence-electron chi connectivity index (χ2n) is 6.61. The van der Waals surface area contributed by atoms with E-state index in [1.165, 1.54) is 16.1 Å². The number of hydrogen-bond acceptors (Lipinski definition) is 6. The van der Waals surface area contributed by atoms with Crippen LogP contribution in [-0.4, -0.2) is 68.0 Å². The smallest absolute Gasteiger partial charge is 0.264 e. The van der Waals surface area contributed by atoms with Crippen molar-refractivity contribution < 1.29 is 9.59 Å². The maximum absolute atomic E-state index is 12.6. The zero-order valence-corrected chi connectivity index (χ0v) is 16.3. The number of carbonyl (C=O) groups excluding carboxylic acids is 2. The summed E-state index contributed by atoms with van der Waals surface area (Å²) in [7, 11) is 0. The number of carbonyl (C=O) groups is 2. The molecule has 0 spiro atoms. The van der Waals surface area contributed by atoms with Gasteiger partial charge in [-0.1, -0.05) is 30.3 Å². The summed E-state index contributed by atoms with van der Waals surface area (Å²) in [6.45, 7) is 4.10. The minimum Gasteiger partial charge on any atom is -0.337 e. The Hall–Kier alpha value is -3.07. The molecular formula is C19H20N6O2S. The van der Waals surface area contributed by atoms with Crippen molar-refractivity contribution >= 4 is 23.2 Å². The number of benzene rings is 1. The van der Waals surface area contributed by atoms with Crippen molar-refractivity contribution in [2.24, 2.45) is 0 Å². The Morgan fingerprint density at radius 3 is 2.50 bits per heavy atom. The van der Waals surface area contributed by atoms with Crippen LogP contribution in [0, 0.1) is 6.92 Å². The summed E-state index contributed by atoms with van der Waals surface area (Å²) in [6, 6.07) is 11.5. The van der Waals surface area contributed by atoms with E-state index in [4.69, 9.17) is 0 Å². The third-order valence-electron chi connectivity index (χ3n) is 4.77. The third-order valence-corrected chi connectivity index (χ3v) is 5.62. The molecule has 4 rings (SSSR count). The minimum absolute atomic E-state index is 0.0305. The highest BCUT2D eigenvalue weighted by atomic mass is 32.1. The minimum atomic E-state index is -0.0723. The maximum Gasteiger partial charge on any atom is 0.264 e. The number of hydrogen-bond donors (Lipinski definition) is 0. The van der Waals surface area contributed by atoms with Crippen molar-refractivity contribution in [2.45, 2.75) is 13.5 Å². The first-order valence-corrected chi connectivity index (χ1v) is 9.94. The van der Waals surface area contributed by atoms with Gasteiger partial charge in [0, 0.05) is 31.7 Å². The van der Waals surface area contributed by atoms with Crippen LogP contribution in [0.25, 0.3) is 11.4 Å². The third kappa shape index (κ3) is 3.79. The molecule has 8 nitrogen and oxygen atoms in total. The fourth-order valence-corrected chi connectivity index (χ4v) is 3.87. The lowest BCUT2D eigenvalue weighted by Gasteiger charge is -2.34. The van der Waals surface area contributed by atoms with Crippen molar-refractivity contribution in [2.75, 3.05) is 26.2 Å². The first kappa shape index (κ1) is 18.3. The molecule has 1 aromatic carbocycles. The fraction of sp³-hybridized carbons (Fsp3) is 0.316.